The van der Waals surface area contributed by atoms with Crippen LogP contribution in [0.15, 0.2) is 58.3 Å². The molecule has 2 aromatic rings. The highest BCUT2D eigenvalue weighted by Gasteiger charge is 2.30. The third-order valence-corrected chi connectivity index (χ3v) is 7.18. The largest absolute Gasteiger partial charge is 0.355 e. The molecule has 1 heterocycles. The van der Waals surface area contributed by atoms with Crippen LogP contribution in [-0.4, -0.2) is 36.4 Å². The average molecular weight is 475 g/mol. The molecule has 164 valence electrons. The van der Waals surface area contributed by atoms with E-state index in [0.717, 1.165) is 28.3 Å². The fourth-order valence-corrected chi connectivity index (χ4v) is 5.42. The van der Waals surface area contributed by atoms with Crippen LogP contribution >= 0.6 is 35.1 Å². The molecular formula is C24H27ClN2O2S2. The summed E-state index contributed by atoms with van der Waals surface area (Å²) in [6, 6.07) is 15.1. The normalized spacial score (nSPS) is 14.6. The third-order valence-electron chi connectivity index (χ3n) is 4.71. The fourth-order valence-electron chi connectivity index (χ4n) is 3.12. The van der Waals surface area contributed by atoms with Crippen LogP contribution in [0, 0.1) is 0 Å². The van der Waals surface area contributed by atoms with Crippen molar-refractivity contribution >= 4 is 58.7 Å². The SMILES string of the molecule is CCCCSCCCNC(=O)CN1C(=O)/C(=C/c2cccc(Cl)c2)Sc2ccccc21. The summed E-state index contributed by atoms with van der Waals surface area (Å²) >= 11 is 9.43. The molecule has 0 fully saturated rings. The van der Waals surface area contributed by atoms with Gasteiger partial charge in [-0.05, 0) is 60.3 Å². The Morgan fingerprint density at radius 1 is 1.16 bits per heavy atom. The van der Waals surface area contributed by atoms with Gasteiger partial charge in [-0.15, -0.1) is 0 Å². The van der Waals surface area contributed by atoms with Crippen LogP contribution in [0.1, 0.15) is 31.7 Å². The lowest BCUT2D eigenvalue weighted by molar-refractivity contribution is -0.122. The average Bonchev–Trinajstić information content (AvgIpc) is 2.76. The van der Waals surface area contributed by atoms with Gasteiger partial charge in [0.05, 0.1) is 10.6 Å². The number of nitrogens with zero attached hydrogens (tertiary/aromatic N) is 1. The van der Waals surface area contributed by atoms with Gasteiger partial charge in [0.2, 0.25) is 5.91 Å². The number of unbranched alkanes of at least 4 members (excludes halogenated alkanes) is 1. The summed E-state index contributed by atoms with van der Waals surface area (Å²) in [4.78, 5) is 28.9. The van der Waals surface area contributed by atoms with Crippen LogP contribution in [0.25, 0.3) is 6.08 Å². The number of rotatable bonds is 10. The number of carbonyl (C=O) groups is 2. The number of carbonyl (C=O) groups excluding carboxylic acids is 2. The molecule has 3 rings (SSSR count). The molecule has 2 aromatic carbocycles. The maximum absolute atomic E-state index is 13.2. The maximum Gasteiger partial charge on any atom is 0.265 e. The molecule has 0 spiro atoms. The van der Waals surface area contributed by atoms with Crippen molar-refractivity contribution in [1.82, 2.24) is 5.32 Å². The number of thioether (sulfide) groups is 2. The van der Waals surface area contributed by atoms with Gasteiger partial charge < -0.3 is 5.32 Å². The van der Waals surface area contributed by atoms with Crippen molar-refractivity contribution in [1.29, 1.82) is 0 Å². The molecular weight excluding hydrogens is 448 g/mol. The maximum atomic E-state index is 13.2. The molecule has 0 saturated heterocycles. The van der Waals surface area contributed by atoms with Gasteiger partial charge >= 0.3 is 0 Å². The molecule has 0 radical (unpaired) electrons. The van der Waals surface area contributed by atoms with E-state index < -0.39 is 0 Å². The molecule has 0 aliphatic carbocycles. The Morgan fingerprint density at radius 3 is 2.77 bits per heavy atom. The quantitative estimate of drug-likeness (QED) is 0.346. The molecule has 0 atom stereocenters. The Hall–Kier alpha value is -1.89. The molecule has 0 saturated carbocycles. The Kier molecular flexibility index (Phi) is 9.37. The van der Waals surface area contributed by atoms with Gasteiger partial charge in [-0.3, -0.25) is 14.5 Å². The molecule has 2 amide bonds. The van der Waals surface area contributed by atoms with Gasteiger partial charge in [0.1, 0.15) is 6.54 Å². The summed E-state index contributed by atoms with van der Waals surface area (Å²) in [7, 11) is 0. The van der Waals surface area contributed by atoms with E-state index in [2.05, 4.69) is 12.2 Å². The minimum Gasteiger partial charge on any atom is -0.355 e. The van der Waals surface area contributed by atoms with E-state index in [-0.39, 0.29) is 18.4 Å². The molecule has 31 heavy (non-hydrogen) atoms. The molecule has 0 bridgehead atoms. The van der Waals surface area contributed by atoms with Gasteiger partial charge in [0, 0.05) is 16.5 Å². The molecule has 0 aromatic heterocycles. The second-order valence-electron chi connectivity index (χ2n) is 7.19. The number of nitrogens with one attached hydrogen (secondary N) is 1. The monoisotopic (exact) mass is 474 g/mol. The lowest BCUT2D eigenvalue weighted by atomic mass is 10.2. The van der Waals surface area contributed by atoms with Crippen molar-refractivity contribution in [2.24, 2.45) is 0 Å². The number of fused-ring (bicyclic) bond motifs is 1. The Labute approximate surface area is 197 Å². The molecule has 1 aliphatic heterocycles. The van der Waals surface area contributed by atoms with Crippen molar-refractivity contribution < 1.29 is 9.59 Å². The van der Waals surface area contributed by atoms with Crippen LogP contribution < -0.4 is 10.2 Å². The number of para-hydroxylation sites is 1. The molecule has 4 nitrogen and oxygen atoms in total. The lowest BCUT2D eigenvalue weighted by Crippen LogP contribution is -2.43. The number of amides is 2. The Bertz CT molecular complexity index is 949. The molecule has 1 aliphatic rings. The third kappa shape index (κ3) is 7.06. The van der Waals surface area contributed by atoms with Gasteiger partial charge in [-0.1, -0.05) is 61.0 Å². The van der Waals surface area contributed by atoms with Crippen molar-refractivity contribution in [3.05, 3.63) is 64.0 Å². The number of benzene rings is 2. The standard InChI is InChI=1S/C24H27ClN2O2S2/c1-2-3-13-30-14-7-12-26-23(28)17-27-20-10-4-5-11-21(20)31-22(24(27)29)16-18-8-6-9-19(25)15-18/h4-6,8-11,15-16H,2-3,7,12-14,17H2,1H3,(H,26,28)/b22-16-. The van der Waals surface area contributed by atoms with Crippen molar-refractivity contribution in [3.63, 3.8) is 0 Å². The summed E-state index contributed by atoms with van der Waals surface area (Å²) in [6.07, 6.45) is 5.20. The first kappa shape index (κ1) is 23.8. The second-order valence-corrected chi connectivity index (χ2v) is 9.94. The fraction of sp³-hybridized carbons (Fsp3) is 0.333. The van der Waals surface area contributed by atoms with E-state index in [1.165, 1.54) is 30.4 Å². The highest BCUT2D eigenvalue weighted by atomic mass is 35.5. The summed E-state index contributed by atoms with van der Waals surface area (Å²) < 4.78 is 0. The van der Waals surface area contributed by atoms with E-state index in [1.54, 1.807) is 11.0 Å². The lowest BCUT2D eigenvalue weighted by Gasteiger charge is -2.29. The smallest absolute Gasteiger partial charge is 0.265 e. The predicted octanol–water partition coefficient (Wildman–Crippen LogP) is 5.86. The highest BCUT2D eigenvalue weighted by molar-refractivity contribution is 8.04. The van der Waals surface area contributed by atoms with Crippen LogP contribution in [0.2, 0.25) is 5.02 Å². The van der Waals surface area contributed by atoms with E-state index in [1.807, 2.05) is 60.3 Å². The van der Waals surface area contributed by atoms with Crippen LogP contribution in [0.4, 0.5) is 5.69 Å². The summed E-state index contributed by atoms with van der Waals surface area (Å²) in [5, 5.41) is 3.57. The van der Waals surface area contributed by atoms with E-state index >= 15 is 0 Å². The predicted molar refractivity (Wildman–Crippen MR) is 134 cm³/mol. The van der Waals surface area contributed by atoms with Crippen molar-refractivity contribution in [2.45, 2.75) is 31.1 Å². The number of hydrogen-bond donors (Lipinski definition) is 1. The minimum absolute atomic E-state index is 0.00622. The first-order chi connectivity index (χ1) is 15.1. The number of hydrogen-bond acceptors (Lipinski definition) is 4. The van der Waals surface area contributed by atoms with Gasteiger partial charge in [-0.25, -0.2) is 0 Å². The van der Waals surface area contributed by atoms with Gasteiger partial charge in [-0.2, -0.15) is 11.8 Å². The van der Waals surface area contributed by atoms with E-state index in [9.17, 15) is 9.59 Å². The van der Waals surface area contributed by atoms with Crippen LogP contribution in [-0.2, 0) is 9.59 Å². The summed E-state index contributed by atoms with van der Waals surface area (Å²) in [5.41, 5.74) is 1.62. The van der Waals surface area contributed by atoms with Crippen LogP contribution in [0.5, 0.6) is 0 Å². The van der Waals surface area contributed by atoms with Crippen molar-refractivity contribution in [3.8, 4) is 0 Å². The Morgan fingerprint density at radius 2 is 1.97 bits per heavy atom. The van der Waals surface area contributed by atoms with Crippen LogP contribution in [0.3, 0.4) is 0 Å². The van der Waals surface area contributed by atoms with E-state index in [0.29, 0.717) is 16.5 Å². The topological polar surface area (TPSA) is 49.4 Å². The highest BCUT2D eigenvalue weighted by Crippen LogP contribution is 2.41. The molecule has 0 unspecified atom stereocenters. The zero-order valence-electron chi connectivity index (χ0n) is 17.6. The zero-order valence-corrected chi connectivity index (χ0v) is 20.0. The summed E-state index contributed by atoms with van der Waals surface area (Å²) in [6.45, 7) is 2.82. The minimum atomic E-state index is -0.172. The zero-order chi connectivity index (χ0) is 22.1. The number of anilines is 1. The first-order valence-electron chi connectivity index (χ1n) is 10.5. The summed E-state index contributed by atoms with van der Waals surface area (Å²) in [5.74, 6) is 1.89. The van der Waals surface area contributed by atoms with Crippen molar-refractivity contribution in [2.75, 3.05) is 29.5 Å². The van der Waals surface area contributed by atoms with Gasteiger partial charge in [0.15, 0.2) is 0 Å². The Balaban J connectivity index is 1.66. The van der Waals surface area contributed by atoms with E-state index in [4.69, 9.17) is 11.6 Å². The molecule has 7 heteroatoms. The number of halogens is 1. The second kappa shape index (κ2) is 12.2. The first-order valence-corrected chi connectivity index (χ1v) is 12.8. The molecule has 1 N–H and O–H groups in total. The van der Waals surface area contributed by atoms with Gasteiger partial charge in [0.25, 0.3) is 5.91 Å².